The average Bonchev–Trinajstić information content (AvgIpc) is 2.89. The molecule has 18 heavy (non-hydrogen) atoms. The normalized spacial score (nSPS) is 20.2. The molecule has 0 amide bonds. The molecule has 1 heterocycles. The first-order valence-electron chi connectivity index (χ1n) is 7.02. The zero-order valence-corrected chi connectivity index (χ0v) is 12.4. The first-order valence-corrected chi connectivity index (χ1v) is 8.18. The van der Waals surface area contributed by atoms with Gasteiger partial charge in [0.05, 0.1) is 0 Å². The molecular weight excluding hydrogens is 238 g/mol. The molecule has 1 saturated heterocycles. The lowest BCUT2D eigenvalue weighted by Crippen LogP contribution is -2.42. The van der Waals surface area contributed by atoms with Crippen LogP contribution in [0.3, 0.4) is 0 Å². The zero-order chi connectivity index (χ0) is 12.8. The van der Waals surface area contributed by atoms with Crippen LogP contribution in [0.25, 0.3) is 0 Å². The number of nitrogens with one attached hydrogen (secondary N) is 1. The molecule has 0 aromatic heterocycles. The number of benzene rings is 1. The quantitative estimate of drug-likeness (QED) is 0.839. The van der Waals surface area contributed by atoms with Gasteiger partial charge in [0.2, 0.25) is 0 Å². The van der Waals surface area contributed by atoms with Gasteiger partial charge in [-0.05, 0) is 62.6 Å². The summed E-state index contributed by atoms with van der Waals surface area (Å²) in [5.74, 6) is 3.60. The molecule has 0 saturated carbocycles. The van der Waals surface area contributed by atoms with E-state index in [1.54, 1.807) is 0 Å². The van der Waals surface area contributed by atoms with E-state index in [4.69, 9.17) is 0 Å². The first-order chi connectivity index (χ1) is 8.66. The van der Waals surface area contributed by atoms with Crippen LogP contribution >= 0.6 is 11.8 Å². The Hall–Kier alpha value is -0.470. The van der Waals surface area contributed by atoms with Crippen LogP contribution in [0.2, 0.25) is 0 Å². The smallest absolute Gasteiger partial charge is 0.0128 e. The van der Waals surface area contributed by atoms with E-state index in [1.807, 2.05) is 0 Å². The van der Waals surface area contributed by atoms with E-state index in [9.17, 15) is 0 Å². The molecule has 0 radical (unpaired) electrons. The van der Waals surface area contributed by atoms with Crippen molar-refractivity contribution in [1.29, 1.82) is 0 Å². The summed E-state index contributed by atoms with van der Waals surface area (Å²) in [7, 11) is 0. The molecule has 1 nitrogen and oxygen atoms in total. The Morgan fingerprint density at radius 2 is 2.06 bits per heavy atom. The molecule has 1 unspecified atom stereocenters. The number of aryl methyl sites for hydroxylation is 1. The van der Waals surface area contributed by atoms with Gasteiger partial charge in [-0.2, -0.15) is 11.8 Å². The summed E-state index contributed by atoms with van der Waals surface area (Å²) in [6.45, 7) is 5.85. The third-order valence-electron chi connectivity index (χ3n) is 3.77. The predicted molar refractivity (Wildman–Crippen MR) is 82.3 cm³/mol. The Morgan fingerprint density at radius 1 is 1.28 bits per heavy atom. The van der Waals surface area contributed by atoms with E-state index in [0.29, 0.717) is 0 Å². The van der Waals surface area contributed by atoms with Crippen molar-refractivity contribution in [1.82, 2.24) is 5.32 Å². The molecule has 1 fully saturated rings. The summed E-state index contributed by atoms with van der Waals surface area (Å²) in [4.78, 5) is 0. The van der Waals surface area contributed by atoms with Gasteiger partial charge in [0.25, 0.3) is 0 Å². The van der Waals surface area contributed by atoms with Crippen LogP contribution in [-0.4, -0.2) is 23.6 Å². The van der Waals surface area contributed by atoms with Crippen molar-refractivity contribution in [2.75, 3.05) is 18.1 Å². The van der Waals surface area contributed by atoms with Gasteiger partial charge in [0, 0.05) is 5.54 Å². The lowest BCUT2D eigenvalue weighted by Gasteiger charge is -2.28. The predicted octanol–water partition coefficient (Wildman–Crippen LogP) is 3.74. The SMILES string of the molecule is CC(C)(CCc1ccccc1)NCC1CCSC1. The Labute approximate surface area is 116 Å². The van der Waals surface area contributed by atoms with Gasteiger partial charge in [-0.3, -0.25) is 0 Å². The maximum absolute atomic E-state index is 3.76. The summed E-state index contributed by atoms with van der Waals surface area (Å²) in [5, 5.41) is 3.76. The summed E-state index contributed by atoms with van der Waals surface area (Å²) >= 11 is 2.10. The van der Waals surface area contributed by atoms with Crippen LogP contribution in [0.4, 0.5) is 0 Å². The van der Waals surface area contributed by atoms with E-state index >= 15 is 0 Å². The highest BCUT2D eigenvalue weighted by atomic mass is 32.2. The molecule has 1 N–H and O–H groups in total. The number of thioether (sulfide) groups is 1. The molecule has 100 valence electrons. The average molecular weight is 263 g/mol. The zero-order valence-electron chi connectivity index (χ0n) is 11.6. The van der Waals surface area contributed by atoms with Crippen molar-refractivity contribution in [2.24, 2.45) is 5.92 Å². The van der Waals surface area contributed by atoms with Crippen LogP contribution in [0, 0.1) is 5.92 Å². The molecule has 1 aromatic rings. The molecule has 0 bridgehead atoms. The molecule has 0 aliphatic carbocycles. The molecule has 2 rings (SSSR count). The van der Waals surface area contributed by atoms with Crippen LogP contribution in [0.15, 0.2) is 30.3 Å². The Bertz CT molecular complexity index is 341. The van der Waals surface area contributed by atoms with E-state index in [-0.39, 0.29) is 5.54 Å². The van der Waals surface area contributed by atoms with Gasteiger partial charge in [0.1, 0.15) is 0 Å². The largest absolute Gasteiger partial charge is 0.311 e. The summed E-state index contributed by atoms with van der Waals surface area (Å²) < 4.78 is 0. The standard InChI is InChI=1S/C16H25NS/c1-16(2,17-12-15-9-11-18-13-15)10-8-14-6-4-3-5-7-14/h3-7,15,17H,8-13H2,1-2H3. The van der Waals surface area contributed by atoms with Gasteiger partial charge in [-0.15, -0.1) is 0 Å². The van der Waals surface area contributed by atoms with E-state index in [1.165, 1.54) is 42.9 Å². The molecule has 1 atom stereocenters. The first kappa shape index (κ1) is 14.0. The Balaban J connectivity index is 1.72. The van der Waals surface area contributed by atoms with Crippen molar-refractivity contribution in [2.45, 2.75) is 38.6 Å². The lowest BCUT2D eigenvalue weighted by atomic mass is 9.94. The maximum atomic E-state index is 3.76. The van der Waals surface area contributed by atoms with E-state index in [2.05, 4.69) is 61.3 Å². The van der Waals surface area contributed by atoms with E-state index in [0.717, 1.165) is 5.92 Å². The molecule has 1 aliphatic heterocycles. The minimum absolute atomic E-state index is 0.253. The fourth-order valence-corrected chi connectivity index (χ4v) is 3.64. The molecule has 2 heteroatoms. The summed E-state index contributed by atoms with van der Waals surface area (Å²) in [6.07, 6.45) is 3.77. The third kappa shape index (κ3) is 4.66. The van der Waals surface area contributed by atoms with Crippen LogP contribution in [0.5, 0.6) is 0 Å². The van der Waals surface area contributed by atoms with Crippen LogP contribution in [0.1, 0.15) is 32.3 Å². The molecular formula is C16H25NS. The molecule has 1 aromatic carbocycles. The monoisotopic (exact) mass is 263 g/mol. The second-order valence-electron chi connectivity index (χ2n) is 5.98. The van der Waals surface area contributed by atoms with Crippen molar-refractivity contribution in [3.8, 4) is 0 Å². The van der Waals surface area contributed by atoms with Crippen molar-refractivity contribution >= 4 is 11.8 Å². The van der Waals surface area contributed by atoms with Gasteiger partial charge in [-0.25, -0.2) is 0 Å². The minimum atomic E-state index is 0.253. The fourth-order valence-electron chi connectivity index (χ4n) is 2.35. The summed E-state index contributed by atoms with van der Waals surface area (Å²) in [5.41, 5.74) is 1.70. The molecule has 1 aliphatic rings. The number of hydrogen-bond donors (Lipinski definition) is 1. The highest BCUT2D eigenvalue weighted by Gasteiger charge is 2.21. The van der Waals surface area contributed by atoms with Crippen LogP contribution < -0.4 is 5.32 Å². The third-order valence-corrected chi connectivity index (χ3v) is 5.01. The number of hydrogen-bond acceptors (Lipinski definition) is 2. The lowest BCUT2D eigenvalue weighted by molar-refractivity contribution is 0.337. The second-order valence-corrected chi connectivity index (χ2v) is 7.13. The fraction of sp³-hybridized carbons (Fsp3) is 0.625. The van der Waals surface area contributed by atoms with Crippen molar-refractivity contribution in [3.63, 3.8) is 0 Å². The Morgan fingerprint density at radius 3 is 2.72 bits per heavy atom. The molecule has 0 spiro atoms. The minimum Gasteiger partial charge on any atom is -0.311 e. The second kappa shape index (κ2) is 6.63. The highest BCUT2D eigenvalue weighted by molar-refractivity contribution is 7.99. The van der Waals surface area contributed by atoms with E-state index < -0.39 is 0 Å². The number of rotatable bonds is 6. The van der Waals surface area contributed by atoms with Crippen molar-refractivity contribution in [3.05, 3.63) is 35.9 Å². The van der Waals surface area contributed by atoms with Gasteiger partial charge in [-0.1, -0.05) is 30.3 Å². The van der Waals surface area contributed by atoms with Crippen molar-refractivity contribution < 1.29 is 0 Å². The highest BCUT2D eigenvalue weighted by Crippen LogP contribution is 2.23. The van der Waals surface area contributed by atoms with Crippen LogP contribution in [-0.2, 0) is 6.42 Å². The van der Waals surface area contributed by atoms with Gasteiger partial charge >= 0.3 is 0 Å². The Kier molecular flexibility index (Phi) is 5.13. The topological polar surface area (TPSA) is 12.0 Å². The maximum Gasteiger partial charge on any atom is 0.0128 e. The van der Waals surface area contributed by atoms with Gasteiger partial charge < -0.3 is 5.32 Å². The van der Waals surface area contributed by atoms with Gasteiger partial charge in [0.15, 0.2) is 0 Å². The summed E-state index contributed by atoms with van der Waals surface area (Å²) in [6, 6.07) is 10.8.